The van der Waals surface area contributed by atoms with Gasteiger partial charge in [0.1, 0.15) is 0 Å². The summed E-state index contributed by atoms with van der Waals surface area (Å²) in [4.78, 5) is 24.6. The molecule has 0 fully saturated rings. The number of aryl methyl sites for hydroxylation is 1. The number of hydrogen-bond acceptors (Lipinski definition) is 3. The highest BCUT2D eigenvalue weighted by molar-refractivity contribution is 6.30. The normalized spacial score (nSPS) is 15.0. The number of amides is 2. The van der Waals surface area contributed by atoms with Crippen LogP contribution in [0.3, 0.4) is 0 Å². The van der Waals surface area contributed by atoms with Crippen LogP contribution in [0.2, 0.25) is 5.02 Å². The summed E-state index contributed by atoms with van der Waals surface area (Å²) in [6.45, 7) is 3.90. The Morgan fingerprint density at radius 2 is 2.11 bits per heavy atom. The number of fused-ring (bicyclic) bond motifs is 1. The maximum absolute atomic E-state index is 12.9. The van der Waals surface area contributed by atoms with Crippen LogP contribution in [0.25, 0.3) is 0 Å². The van der Waals surface area contributed by atoms with Crippen LogP contribution >= 0.6 is 11.6 Å². The predicted octanol–water partition coefficient (Wildman–Crippen LogP) is 3.78. The quantitative estimate of drug-likeness (QED) is 0.707. The molecule has 2 aromatic rings. The first-order valence-electron chi connectivity index (χ1n) is 9.07. The minimum Gasteiger partial charge on any atom is -0.386 e. The van der Waals surface area contributed by atoms with Gasteiger partial charge in [0.2, 0.25) is 5.91 Å². The molecule has 27 heavy (non-hydrogen) atoms. The first-order chi connectivity index (χ1) is 12.9. The summed E-state index contributed by atoms with van der Waals surface area (Å²) in [6.07, 6.45) is 0.733. The second kappa shape index (κ2) is 8.11. The standard InChI is InChI=1S/C21H23ClN2O3/c1-3-5-18(20(26)15-10-13(22)9-8-12(15)2)24-21(27)14-6-4-7-17-16(14)11-19(25)23-17/h4,6-10,18,20,26H,3,5,11H2,1-2H3,(H,23,25)(H,24,27)/t18-,20+/m1/s1. The van der Waals surface area contributed by atoms with Crippen molar-refractivity contribution >= 4 is 29.1 Å². The largest absolute Gasteiger partial charge is 0.386 e. The van der Waals surface area contributed by atoms with E-state index < -0.39 is 12.1 Å². The van der Waals surface area contributed by atoms with E-state index in [1.54, 1.807) is 30.3 Å². The van der Waals surface area contributed by atoms with Crippen LogP contribution in [0.4, 0.5) is 5.69 Å². The van der Waals surface area contributed by atoms with E-state index in [4.69, 9.17) is 11.6 Å². The van der Waals surface area contributed by atoms with Crippen LogP contribution in [0, 0.1) is 6.92 Å². The molecule has 2 amide bonds. The molecule has 2 atom stereocenters. The highest BCUT2D eigenvalue weighted by atomic mass is 35.5. The molecule has 0 saturated heterocycles. The molecule has 3 rings (SSSR count). The van der Waals surface area contributed by atoms with Crippen molar-refractivity contribution in [2.24, 2.45) is 0 Å². The van der Waals surface area contributed by atoms with Crippen LogP contribution in [0.1, 0.15) is 52.9 Å². The zero-order chi connectivity index (χ0) is 19.6. The monoisotopic (exact) mass is 386 g/mol. The van der Waals surface area contributed by atoms with Gasteiger partial charge in [-0.1, -0.05) is 37.1 Å². The molecule has 0 bridgehead atoms. The maximum atomic E-state index is 12.9. The van der Waals surface area contributed by atoms with E-state index in [2.05, 4.69) is 10.6 Å². The second-order valence-electron chi connectivity index (χ2n) is 6.87. The van der Waals surface area contributed by atoms with E-state index in [1.807, 2.05) is 19.9 Å². The van der Waals surface area contributed by atoms with Crippen LogP contribution in [0.5, 0.6) is 0 Å². The first-order valence-corrected chi connectivity index (χ1v) is 9.45. The Hall–Kier alpha value is -2.37. The number of nitrogens with one attached hydrogen (secondary N) is 2. The van der Waals surface area contributed by atoms with E-state index in [0.717, 1.165) is 12.0 Å². The third-order valence-corrected chi connectivity index (χ3v) is 5.12. The van der Waals surface area contributed by atoms with Crippen molar-refractivity contribution in [3.63, 3.8) is 0 Å². The van der Waals surface area contributed by atoms with Gasteiger partial charge in [-0.3, -0.25) is 9.59 Å². The number of aliphatic hydroxyl groups excluding tert-OH is 1. The molecule has 5 nitrogen and oxygen atoms in total. The van der Waals surface area contributed by atoms with Gasteiger partial charge in [-0.25, -0.2) is 0 Å². The van der Waals surface area contributed by atoms with Gasteiger partial charge in [0.15, 0.2) is 0 Å². The van der Waals surface area contributed by atoms with Gasteiger partial charge in [-0.2, -0.15) is 0 Å². The number of benzene rings is 2. The molecule has 0 spiro atoms. The van der Waals surface area contributed by atoms with Crippen LogP contribution in [-0.2, 0) is 11.2 Å². The molecule has 1 aliphatic rings. The fraction of sp³-hybridized carbons (Fsp3) is 0.333. The molecule has 0 saturated carbocycles. The topological polar surface area (TPSA) is 78.4 Å². The van der Waals surface area contributed by atoms with Gasteiger partial charge in [0.05, 0.1) is 18.6 Å². The lowest BCUT2D eigenvalue weighted by Crippen LogP contribution is -2.39. The van der Waals surface area contributed by atoms with E-state index in [9.17, 15) is 14.7 Å². The Labute approximate surface area is 163 Å². The highest BCUT2D eigenvalue weighted by Gasteiger charge is 2.27. The Balaban J connectivity index is 1.85. The number of rotatable bonds is 6. The summed E-state index contributed by atoms with van der Waals surface area (Å²) >= 11 is 6.08. The lowest BCUT2D eigenvalue weighted by molar-refractivity contribution is -0.115. The minimum absolute atomic E-state index is 0.120. The Morgan fingerprint density at radius 1 is 1.33 bits per heavy atom. The van der Waals surface area contributed by atoms with Crippen molar-refractivity contribution in [1.82, 2.24) is 5.32 Å². The number of halogens is 1. The molecule has 6 heteroatoms. The summed E-state index contributed by atoms with van der Waals surface area (Å²) in [5, 5.41) is 17.2. The zero-order valence-corrected chi connectivity index (χ0v) is 16.1. The molecule has 1 aliphatic heterocycles. The number of aliphatic hydroxyl groups is 1. The molecule has 0 unspecified atom stereocenters. The average Bonchev–Trinajstić information content (AvgIpc) is 3.02. The summed E-state index contributed by atoms with van der Waals surface area (Å²) in [6, 6.07) is 10.1. The Morgan fingerprint density at radius 3 is 2.85 bits per heavy atom. The van der Waals surface area contributed by atoms with Crippen molar-refractivity contribution < 1.29 is 14.7 Å². The summed E-state index contributed by atoms with van der Waals surface area (Å²) < 4.78 is 0. The maximum Gasteiger partial charge on any atom is 0.251 e. The summed E-state index contributed by atoms with van der Waals surface area (Å²) in [7, 11) is 0. The van der Waals surface area contributed by atoms with E-state index >= 15 is 0 Å². The van der Waals surface area contributed by atoms with Gasteiger partial charge in [0.25, 0.3) is 5.91 Å². The number of hydrogen-bond donors (Lipinski definition) is 3. The molecular weight excluding hydrogens is 364 g/mol. The minimum atomic E-state index is -0.871. The third kappa shape index (κ3) is 4.15. The predicted molar refractivity (Wildman–Crippen MR) is 106 cm³/mol. The molecule has 0 radical (unpaired) electrons. The van der Waals surface area contributed by atoms with Crippen LogP contribution in [-0.4, -0.2) is 23.0 Å². The van der Waals surface area contributed by atoms with E-state index in [0.29, 0.717) is 33.8 Å². The van der Waals surface area contributed by atoms with E-state index in [1.165, 1.54) is 0 Å². The average molecular weight is 387 g/mol. The fourth-order valence-corrected chi connectivity index (χ4v) is 3.66. The van der Waals surface area contributed by atoms with Crippen molar-refractivity contribution in [2.45, 2.75) is 45.3 Å². The SMILES string of the molecule is CCC[C@@H](NC(=O)c1cccc2c1CC(=O)N2)[C@@H](O)c1cc(Cl)ccc1C. The second-order valence-corrected chi connectivity index (χ2v) is 7.31. The number of anilines is 1. The van der Waals surface area contributed by atoms with Gasteiger partial charge in [-0.05, 0) is 54.3 Å². The number of carbonyl (C=O) groups excluding carboxylic acids is 2. The molecule has 0 aliphatic carbocycles. The Bertz CT molecular complexity index is 882. The van der Waals surface area contributed by atoms with Gasteiger partial charge in [-0.15, -0.1) is 0 Å². The molecular formula is C21H23ClN2O3. The summed E-state index contributed by atoms with van der Waals surface area (Å²) in [5.74, 6) is -0.412. The number of carbonyl (C=O) groups is 2. The highest BCUT2D eigenvalue weighted by Crippen LogP contribution is 2.28. The smallest absolute Gasteiger partial charge is 0.251 e. The third-order valence-electron chi connectivity index (χ3n) is 4.89. The van der Waals surface area contributed by atoms with Crippen molar-refractivity contribution in [3.05, 3.63) is 63.7 Å². The molecule has 2 aromatic carbocycles. The molecule has 0 aromatic heterocycles. The van der Waals surface area contributed by atoms with Crippen LogP contribution in [0.15, 0.2) is 36.4 Å². The van der Waals surface area contributed by atoms with Crippen molar-refractivity contribution in [3.8, 4) is 0 Å². The zero-order valence-electron chi connectivity index (χ0n) is 15.4. The van der Waals surface area contributed by atoms with Crippen molar-refractivity contribution in [2.75, 3.05) is 5.32 Å². The Kier molecular flexibility index (Phi) is 5.82. The lowest BCUT2D eigenvalue weighted by Gasteiger charge is -2.26. The van der Waals surface area contributed by atoms with Gasteiger partial charge >= 0.3 is 0 Å². The fourth-order valence-electron chi connectivity index (χ4n) is 3.47. The van der Waals surface area contributed by atoms with Gasteiger partial charge in [0, 0.05) is 16.3 Å². The molecule has 142 valence electrons. The van der Waals surface area contributed by atoms with Gasteiger partial charge < -0.3 is 15.7 Å². The van der Waals surface area contributed by atoms with Crippen molar-refractivity contribution in [1.29, 1.82) is 0 Å². The van der Waals surface area contributed by atoms with E-state index in [-0.39, 0.29) is 18.2 Å². The van der Waals surface area contributed by atoms with Crippen LogP contribution < -0.4 is 10.6 Å². The molecule has 1 heterocycles. The summed E-state index contributed by atoms with van der Waals surface area (Å²) in [5.41, 5.74) is 3.45. The lowest BCUT2D eigenvalue weighted by atomic mass is 9.94. The molecule has 3 N–H and O–H groups in total. The first kappa shape index (κ1) is 19.4.